The van der Waals surface area contributed by atoms with Crippen LogP contribution in [0.4, 0.5) is 5.95 Å². The zero-order valence-electron chi connectivity index (χ0n) is 25.9. The van der Waals surface area contributed by atoms with Gasteiger partial charge in [-0.15, -0.1) is 21.2 Å². The highest BCUT2D eigenvalue weighted by molar-refractivity contribution is 8.00. The number of hydrogen-bond donors (Lipinski definition) is 5. The molecule has 266 valence electrons. The maximum Gasteiger partial charge on any atom is 0.695 e. The van der Waals surface area contributed by atoms with E-state index in [0.717, 1.165) is 17.7 Å². The van der Waals surface area contributed by atoms with Crippen LogP contribution in [0.1, 0.15) is 51.2 Å². The number of imidazole rings is 1. The molecule has 3 unspecified atom stereocenters. The summed E-state index contributed by atoms with van der Waals surface area (Å²) in [6, 6.07) is 0. The Labute approximate surface area is 278 Å². The molecule has 3 amide bonds. The number of nitrogen functional groups attached to an aromatic ring is 1. The molecule has 6 N–H and O–H groups in total. The van der Waals surface area contributed by atoms with Crippen LogP contribution in [0.15, 0.2) is 11.1 Å². The molecule has 0 spiro atoms. The third-order valence-electron chi connectivity index (χ3n) is 7.40. The van der Waals surface area contributed by atoms with Gasteiger partial charge in [-0.2, -0.15) is 4.98 Å². The average Bonchev–Trinajstić information content (AvgIpc) is 3.70. The molecule has 48 heavy (non-hydrogen) atoms. The second-order valence-corrected chi connectivity index (χ2v) is 14.2. The summed E-state index contributed by atoms with van der Waals surface area (Å²) in [5, 5.41) is 2.01. The van der Waals surface area contributed by atoms with Crippen LogP contribution in [0.5, 0.6) is 0 Å². The first-order valence-electron chi connectivity index (χ1n) is 14.9. The number of nitrogens with two attached hydrogens (primary N) is 1. The molecule has 20 nitrogen and oxygen atoms in total. The van der Waals surface area contributed by atoms with E-state index >= 15 is 0 Å². The SMILES string of the molecule is CNC(=O)CCN1C(=O)CC(SCCCCCCOP(=O)(O)OCOC[C@H]2O[C@@H](n3cnc4c(=O)[nH]c(N)nc43)C[C@@H]2O[P+](=O)O)C1=O. The van der Waals surface area contributed by atoms with Gasteiger partial charge in [-0.1, -0.05) is 12.8 Å². The lowest BCUT2D eigenvalue weighted by atomic mass is 10.2. The quantitative estimate of drug-likeness (QED) is 0.0541. The Morgan fingerprint density at radius 2 is 2.04 bits per heavy atom. The number of hydrogen-bond acceptors (Lipinski definition) is 15. The smallest absolute Gasteiger partial charge is 0.369 e. The van der Waals surface area contributed by atoms with Gasteiger partial charge in [0.15, 0.2) is 18.0 Å². The number of imide groups is 1. The summed E-state index contributed by atoms with van der Waals surface area (Å²) in [7, 11) is -5.95. The van der Waals surface area contributed by atoms with Crippen LogP contribution in [0.3, 0.4) is 0 Å². The van der Waals surface area contributed by atoms with E-state index in [-0.39, 0.29) is 73.9 Å². The van der Waals surface area contributed by atoms with Crippen LogP contribution >= 0.6 is 27.8 Å². The Morgan fingerprint density at radius 1 is 1.27 bits per heavy atom. The first kappa shape index (κ1) is 38.0. The molecule has 6 atom stereocenters. The third-order valence-corrected chi connectivity index (χ3v) is 10.1. The number of ether oxygens (including phenoxy) is 2. The summed E-state index contributed by atoms with van der Waals surface area (Å²) >= 11 is 1.40. The largest absolute Gasteiger partial charge is 0.695 e. The molecule has 2 saturated heterocycles. The van der Waals surface area contributed by atoms with E-state index in [9.17, 15) is 38.1 Å². The number of phosphoric acid groups is 1. The molecule has 2 aliphatic heterocycles. The predicted molar refractivity (Wildman–Crippen MR) is 168 cm³/mol. The second-order valence-electron chi connectivity index (χ2n) is 10.7. The van der Waals surface area contributed by atoms with Gasteiger partial charge in [0.25, 0.3) is 5.56 Å². The number of unbranched alkanes of at least 4 members (excludes halogenated alkanes) is 3. The number of nitrogens with one attached hydrogen (secondary N) is 2. The van der Waals surface area contributed by atoms with E-state index < -0.39 is 52.1 Å². The topological polar surface area (TPSA) is 277 Å². The number of fused-ring (bicyclic) bond motifs is 1. The molecule has 4 heterocycles. The number of carbonyl (C=O) groups is 3. The number of thioether (sulfide) groups is 1. The minimum absolute atomic E-state index is 0.0178. The maximum absolute atomic E-state index is 12.5. The number of H-pyrrole nitrogens is 1. The summed E-state index contributed by atoms with van der Waals surface area (Å²) in [6.07, 6.45) is 1.61. The molecule has 2 aliphatic rings. The van der Waals surface area contributed by atoms with Crippen molar-refractivity contribution in [1.82, 2.24) is 29.7 Å². The highest BCUT2D eigenvalue weighted by Gasteiger charge is 2.43. The Morgan fingerprint density at radius 3 is 2.79 bits per heavy atom. The van der Waals surface area contributed by atoms with Gasteiger partial charge in [0.2, 0.25) is 23.7 Å². The summed E-state index contributed by atoms with van der Waals surface area (Å²) in [4.78, 5) is 78.9. The van der Waals surface area contributed by atoms with E-state index in [1.807, 2.05) is 0 Å². The minimum Gasteiger partial charge on any atom is -0.369 e. The van der Waals surface area contributed by atoms with Crippen molar-refractivity contribution in [3.63, 3.8) is 0 Å². The van der Waals surface area contributed by atoms with Crippen LogP contribution in [-0.4, -0.2) is 109 Å². The molecule has 0 bridgehead atoms. The number of likely N-dealkylation sites (tertiary alicyclic amines) is 1. The van der Waals surface area contributed by atoms with Gasteiger partial charge in [0.05, 0.1) is 24.8 Å². The first-order valence-corrected chi connectivity index (χ1v) is 18.6. The molecule has 2 aromatic rings. The second kappa shape index (κ2) is 17.7. The van der Waals surface area contributed by atoms with E-state index in [4.69, 9.17) is 28.8 Å². The average molecular weight is 739 g/mol. The highest BCUT2D eigenvalue weighted by Crippen LogP contribution is 2.43. The number of aromatic amines is 1. The molecule has 0 saturated carbocycles. The molecule has 0 aromatic carbocycles. The Kier molecular flexibility index (Phi) is 14.0. The fraction of sp³-hybridized carbons (Fsp3) is 0.680. The van der Waals surface area contributed by atoms with Gasteiger partial charge in [-0.3, -0.25) is 42.7 Å². The lowest BCUT2D eigenvalue weighted by molar-refractivity contribution is -0.138. The van der Waals surface area contributed by atoms with Crippen molar-refractivity contribution in [3.05, 3.63) is 16.7 Å². The van der Waals surface area contributed by atoms with E-state index in [1.54, 1.807) is 0 Å². The normalized spacial score (nSPS) is 22.8. The standard InChI is InChI=1S/C25H37N7O13P2S/c1-27-18(33)6-7-31-19(34)11-17(24(31)36)48-9-5-3-2-4-8-42-47(39,40)43-14-41-12-16-15(45-46(37)38)10-20(44-16)32-13-28-21-22(32)29-25(26)30-23(21)35/h13,15-17,20H,2-12,14H2,1H3,(H5-,26,27,29,30,33,35,37,38,39,40)/p+1/t15-,16+,17?,20+/m0/s1. The van der Waals surface area contributed by atoms with Crippen molar-refractivity contribution in [2.45, 2.75) is 68.6 Å². The number of aromatic nitrogens is 4. The summed E-state index contributed by atoms with van der Waals surface area (Å²) < 4.78 is 51.2. The van der Waals surface area contributed by atoms with E-state index in [1.165, 1.54) is 29.7 Å². The van der Waals surface area contributed by atoms with Crippen LogP contribution < -0.4 is 16.6 Å². The number of anilines is 1. The van der Waals surface area contributed by atoms with Crippen LogP contribution in [0.25, 0.3) is 11.2 Å². The molecular formula is C25H38N7O13P2S+. The zero-order chi connectivity index (χ0) is 34.8. The number of amides is 3. The van der Waals surface area contributed by atoms with Gasteiger partial charge < -0.3 is 25.4 Å². The van der Waals surface area contributed by atoms with Crippen molar-refractivity contribution in [2.24, 2.45) is 0 Å². The van der Waals surface area contributed by atoms with E-state index in [2.05, 4.69) is 20.3 Å². The van der Waals surface area contributed by atoms with Crippen molar-refractivity contribution in [2.75, 3.05) is 45.1 Å². The van der Waals surface area contributed by atoms with Gasteiger partial charge in [-0.25, -0.2) is 9.55 Å². The number of nitrogens with zero attached hydrogens (tertiary/aromatic N) is 4. The van der Waals surface area contributed by atoms with Gasteiger partial charge in [0.1, 0.15) is 18.4 Å². The minimum atomic E-state index is -4.44. The van der Waals surface area contributed by atoms with Crippen LogP contribution in [0.2, 0.25) is 0 Å². The van der Waals surface area contributed by atoms with Crippen molar-refractivity contribution >= 4 is 62.7 Å². The zero-order valence-corrected chi connectivity index (χ0v) is 28.5. The van der Waals surface area contributed by atoms with Crippen LogP contribution in [0, 0.1) is 0 Å². The maximum atomic E-state index is 12.5. The fourth-order valence-electron chi connectivity index (χ4n) is 5.03. The number of rotatable bonds is 20. The lowest BCUT2D eigenvalue weighted by Crippen LogP contribution is -2.34. The molecule has 0 radical (unpaired) electrons. The molecular weight excluding hydrogens is 700 g/mol. The van der Waals surface area contributed by atoms with Crippen LogP contribution in [-0.2, 0) is 46.6 Å². The van der Waals surface area contributed by atoms with Gasteiger partial charge in [0, 0.05) is 37.4 Å². The summed E-state index contributed by atoms with van der Waals surface area (Å²) in [6.45, 7) is -0.882. The first-order chi connectivity index (χ1) is 22.9. The third kappa shape index (κ3) is 10.6. The highest BCUT2D eigenvalue weighted by atomic mass is 32.2. The number of phosphoric ester groups is 1. The Balaban J connectivity index is 1.10. The van der Waals surface area contributed by atoms with Gasteiger partial charge >= 0.3 is 16.1 Å². The Hall–Kier alpha value is -2.84. The number of carbonyl (C=O) groups excluding carboxylic acids is 3. The molecule has 4 rings (SSSR count). The molecule has 2 fully saturated rings. The van der Waals surface area contributed by atoms with Gasteiger partial charge in [-0.05, 0) is 18.6 Å². The molecule has 23 heteroatoms. The van der Waals surface area contributed by atoms with E-state index in [0.29, 0.717) is 18.6 Å². The van der Waals surface area contributed by atoms with Crippen molar-refractivity contribution in [1.29, 1.82) is 0 Å². The van der Waals surface area contributed by atoms with Crippen molar-refractivity contribution in [3.8, 4) is 0 Å². The van der Waals surface area contributed by atoms with Crippen molar-refractivity contribution < 1.29 is 56.3 Å². The monoisotopic (exact) mass is 738 g/mol. The summed E-state index contributed by atoms with van der Waals surface area (Å²) in [5.41, 5.74) is 5.24. The Bertz CT molecular complexity index is 1580. The predicted octanol–water partition coefficient (Wildman–Crippen LogP) is 0.689. The fourth-order valence-corrected chi connectivity index (χ4v) is 7.31. The molecule has 2 aromatic heterocycles. The summed E-state index contributed by atoms with van der Waals surface area (Å²) in [5.74, 6) is -0.271. The molecule has 0 aliphatic carbocycles. The lowest BCUT2D eigenvalue weighted by Gasteiger charge is -2.17.